The summed E-state index contributed by atoms with van der Waals surface area (Å²) < 4.78 is 3.84. The highest BCUT2D eigenvalue weighted by atomic mass is 16.2. The highest BCUT2D eigenvalue weighted by molar-refractivity contribution is 5.75. The average Bonchev–Trinajstić information content (AvgIpc) is 3.02. The summed E-state index contributed by atoms with van der Waals surface area (Å²) in [7, 11) is 1.85. The Hall–Kier alpha value is -2.11. The first kappa shape index (κ1) is 16.3. The van der Waals surface area contributed by atoms with Crippen LogP contribution in [0.1, 0.15) is 36.0 Å². The zero-order valence-electron chi connectivity index (χ0n) is 14.1. The minimum absolute atomic E-state index is 0.123. The highest BCUT2D eigenvalue weighted by Crippen LogP contribution is 2.15. The second-order valence-corrected chi connectivity index (χ2v) is 5.66. The molecule has 2 heterocycles. The third-order valence-corrected chi connectivity index (χ3v) is 4.12. The van der Waals surface area contributed by atoms with Crippen LogP contribution >= 0.6 is 0 Å². The van der Waals surface area contributed by atoms with Gasteiger partial charge >= 0.3 is 0 Å². The molecule has 1 amide bonds. The van der Waals surface area contributed by atoms with Gasteiger partial charge in [-0.25, -0.2) is 0 Å². The van der Waals surface area contributed by atoms with Crippen molar-refractivity contribution >= 4 is 5.91 Å². The predicted molar refractivity (Wildman–Crippen MR) is 85.4 cm³/mol. The van der Waals surface area contributed by atoms with E-state index in [2.05, 4.69) is 24.0 Å². The van der Waals surface area contributed by atoms with E-state index in [1.165, 1.54) is 0 Å². The Morgan fingerprint density at radius 2 is 2.00 bits per heavy atom. The summed E-state index contributed by atoms with van der Waals surface area (Å²) in [6.07, 6.45) is 2.22. The molecule has 0 unspecified atom stereocenters. The van der Waals surface area contributed by atoms with Crippen LogP contribution in [0.2, 0.25) is 0 Å². The number of amides is 1. The molecule has 0 radical (unpaired) electrons. The van der Waals surface area contributed by atoms with E-state index < -0.39 is 0 Å². The Kier molecular flexibility index (Phi) is 5.00. The van der Waals surface area contributed by atoms with E-state index in [0.29, 0.717) is 19.5 Å². The number of hydrogen-bond acceptors (Lipinski definition) is 3. The van der Waals surface area contributed by atoms with E-state index in [0.717, 1.165) is 29.2 Å². The van der Waals surface area contributed by atoms with Crippen molar-refractivity contribution in [2.75, 3.05) is 7.05 Å². The van der Waals surface area contributed by atoms with Crippen molar-refractivity contribution in [2.24, 2.45) is 0 Å². The van der Waals surface area contributed by atoms with Crippen molar-refractivity contribution < 1.29 is 4.79 Å². The number of rotatable bonds is 6. The molecule has 0 spiro atoms. The minimum Gasteiger partial charge on any atom is -0.341 e. The molecular formula is C16H25N5O. The molecule has 22 heavy (non-hydrogen) atoms. The topological polar surface area (TPSA) is 56.0 Å². The number of nitrogens with zero attached hydrogens (tertiary/aromatic N) is 5. The molecule has 0 atom stereocenters. The fourth-order valence-electron chi connectivity index (χ4n) is 2.62. The second kappa shape index (κ2) is 6.77. The van der Waals surface area contributed by atoms with Crippen LogP contribution in [0.25, 0.3) is 0 Å². The van der Waals surface area contributed by atoms with Gasteiger partial charge in [-0.1, -0.05) is 0 Å². The Morgan fingerprint density at radius 3 is 2.55 bits per heavy atom. The first-order chi connectivity index (χ1) is 10.4. The van der Waals surface area contributed by atoms with Gasteiger partial charge in [-0.3, -0.25) is 14.2 Å². The maximum atomic E-state index is 12.3. The molecule has 0 saturated heterocycles. The van der Waals surface area contributed by atoms with Crippen molar-refractivity contribution in [2.45, 2.75) is 53.8 Å². The maximum absolute atomic E-state index is 12.3. The van der Waals surface area contributed by atoms with Crippen molar-refractivity contribution in [3.05, 3.63) is 34.9 Å². The SMILES string of the molecule is CCn1nc(C)c(CN(C)C(=O)CCn2nccc2C)c1C. The molecule has 0 saturated carbocycles. The molecular weight excluding hydrogens is 278 g/mol. The monoisotopic (exact) mass is 303 g/mol. The number of aryl methyl sites for hydroxylation is 4. The van der Waals surface area contributed by atoms with Crippen LogP contribution in [-0.4, -0.2) is 37.4 Å². The van der Waals surface area contributed by atoms with Crippen LogP contribution in [0.15, 0.2) is 12.3 Å². The van der Waals surface area contributed by atoms with E-state index in [9.17, 15) is 4.79 Å². The molecule has 0 aliphatic heterocycles. The lowest BCUT2D eigenvalue weighted by molar-refractivity contribution is -0.130. The van der Waals surface area contributed by atoms with Gasteiger partial charge in [-0.05, 0) is 33.8 Å². The van der Waals surface area contributed by atoms with E-state index in [4.69, 9.17) is 0 Å². The number of carbonyl (C=O) groups is 1. The summed E-state index contributed by atoms with van der Waals surface area (Å²) in [5, 5.41) is 8.71. The van der Waals surface area contributed by atoms with Crippen LogP contribution < -0.4 is 0 Å². The molecule has 0 N–H and O–H groups in total. The third-order valence-electron chi connectivity index (χ3n) is 4.12. The van der Waals surface area contributed by atoms with Gasteiger partial charge in [0.25, 0.3) is 0 Å². The fraction of sp³-hybridized carbons (Fsp3) is 0.562. The predicted octanol–water partition coefficient (Wildman–Crippen LogP) is 2.07. The van der Waals surface area contributed by atoms with E-state index >= 15 is 0 Å². The van der Waals surface area contributed by atoms with Crippen LogP contribution in [0.4, 0.5) is 0 Å². The summed E-state index contributed by atoms with van der Waals surface area (Å²) in [6, 6.07) is 1.94. The lowest BCUT2D eigenvalue weighted by Crippen LogP contribution is -2.27. The maximum Gasteiger partial charge on any atom is 0.224 e. The van der Waals surface area contributed by atoms with E-state index in [1.54, 1.807) is 11.1 Å². The van der Waals surface area contributed by atoms with Gasteiger partial charge < -0.3 is 4.90 Å². The van der Waals surface area contributed by atoms with Gasteiger partial charge in [0, 0.05) is 56.3 Å². The minimum atomic E-state index is 0.123. The second-order valence-electron chi connectivity index (χ2n) is 5.66. The van der Waals surface area contributed by atoms with Gasteiger partial charge in [0.05, 0.1) is 5.69 Å². The van der Waals surface area contributed by atoms with Crippen molar-refractivity contribution in [3.63, 3.8) is 0 Å². The van der Waals surface area contributed by atoms with Gasteiger partial charge in [-0.2, -0.15) is 10.2 Å². The molecule has 2 aromatic heterocycles. The molecule has 120 valence electrons. The molecule has 0 aromatic carbocycles. The molecule has 2 rings (SSSR count). The number of aromatic nitrogens is 4. The molecule has 0 aliphatic carbocycles. The fourth-order valence-corrected chi connectivity index (χ4v) is 2.62. The smallest absolute Gasteiger partial charge is 0.224 e. The Bertz CT molecular complexity index is 656. The average molecular weight is 303 g/mol. The lowest BCUT2D eigenvalue weighted by Gasteiger charge is -2.18. The zero-order valence-corrected chi connectivity index (χ0v) is 14.1. The lowest BCUT2D eigenvalue weighted by atomic mass is 10.2. The third kappa shape index (κ3) is 3.37. The summed E-state index contributed by atoms with van der Waals surface area (Å²) in [4.78, 5) is 14.1. The molecule has 6 nitrogen and oxygen atoms in total. The quantitative estimate of drug-likeness (QED) is 0.821. The first-order valence-electron chi connectivity index (χ1n) is 7.69. The van der Waals surface area contributed by atoms with Crippen molar-refractivity contribution in [3.8, 4) is 0 Å². The normalized spacial score (nSPS) is 11.0. The molecule has 0 fully saturated rings. The molecule has 0 bridgehead atoms. The summed E-state index contributed by atoms with van der Waals surface area (Å²) in [5.74, 6) is 0.123. The van der Waals surface area contributed by atoms with Gasteiger partial charge in [0.2, 0.25) is 5.91 Å². The molecule has 6 heteroatoms. The van der Waals surface area contributed by atoms with Gasteiger partial charge in [0.15, 0.2) is 0 Å². The Balaban J connectivity index is 1.97. The van der Waals surface area contributed by atoms with Crippen LogP contribution in [0, 0.1) is 20.8 Å². The zero-order chi connectivity index (χ0) is 16.3. The van der Waals surface area contributed by atoms with E-state index in [-0.39, 0.29) is 5.91 Å². The first-order valence-corrected chi connectivity index (χ1v) is 7.69. The summed E-state index contributed by atoms with van der Waals surface area (Å²) in [5.41, 5.74) is 4.36. The summed E-state index contributed by atoms with van der Waals surface area (Å²) >= 11 is 0. The van der Waals surface area contributed by atoms with Gasteiger partial charge in [-0.15, -0.1) is 0 Å². The summed E-state index contributed by atoms with van der Waals surface area (Å²) in [6.45, 7) is 10.2. The van der Waals surface area contributed by atoms with Crippen molar-refractivity contribution in [1.82, 2.24) is 24.5 Å². The molecule has 2 aromatic rings. The number of carbonyl (C=O) groups excluding carboxylic acids is 1. The van der Waals surface area contributed by atoms with E-state index in [1.807, 2.05) is 36.3 Å². The van der Waals surface area contributed by atoms with Crippen LogP contribution in [0.3, 0.4) is 0 Å². The highest BCUT2D eigenvalue weighted by Gasteiger charge is 2.16. The van der Waals surface area contributed by atoms with Crippen LogP contribution in [0.5, 0.6) is 0 Å². The standard InChI is InChI=1S/C16H25N5O/c1-6-20-14(4)15(13(3)18-20)11-19(5)16(22)8-10-21-12(2)7-9-17-21/h7,9H,6,8,10-11H2,1-5H3. The van der Waals surface area contributed by atoms with Crippen LogP contribution in [-0.2, 0) is 24.4 Å². The largest absolute Gasteiger partial charge is 0.341 e. The Labute approximate surface area is 131 Å². The van der Waals surface area contributed by atoms with Gasteiger partial charge in [0.1, 0.15) is 0 Å². The Morgan fingerprint density at radius 1 is 1.27 bits per heavy atom. The number of hydrogen-bond donors (Lipinski definition) is 0. The van der Waals surface area contributed by atoms with Crippen molar-refractivity contribution in [1.29, 1.82) is 0 Å². The molecule has 0 aliphatic rings.